The van der Waals surface area contributed by atoms with E-state index < -0.39 is 5.54 Å². The lowest BCUT2D eigenvalue weighted by molar-refractivity contribution is -0.860. The van der Waals surface area contributed by atoms with Crippen LogP contribution in [0, 0.1) is 0 Å². The number of halogens is 1. The van der Waals surface area contributed by atoms with Gasteiger partial charge in [0.1, 0.15) is 12.1 Å². The van der Waals surface area contributed by atoms with Crippen LogP contribution in [0.25, 0.3) is 0 Å². The molecule has 1 unspecified atom stereocenters. The summed E-state index contributed by atoms with van der Waals surface area (Å²) >= 11 is 0. The Morgan fingerprint density at radius 3 is 2.15 bits per heavy atom. The Bertz CT molecular complexity index is 200. The highest BCUT2D eigenvalue weighted by molar-refractivity contribution is 6.01. The molecule has 0 aliphatic carbocycles. The Balaban J connectivity index is 0. The first-order valence-electron chi connectivity index (χ1n) is 4.05. The van der Waals surface area contributed by atoms with Crippen LogP contribution in [0.4, 0.5) is 0 Å². The van der Waals surface area contributed by atoms with Crippen LogP contribution >= 0.6 is 0 Å². The second kappa shape index (κ2) is 5.37. The van der Waals surface area contributed by atoms with Gasteiger partial charge in [0.25, 0.3) is 0 Å². The average molecular weight is 207 g/mol. The zero-order chi connectivity index (χ0) is 9.94. The van der Waals surface area contributed by atoms with E-state index in [9.17, 15) is 4.79 Å². The maximum atomic E-state index is 11.5. The van der Waals surface area contributed by atoms with Gasteiger partial charge in [-0.1, -0.05) is 6.58 Å². The summed E-state index contributed by atoms with van der Waals surface area (Å²) < 4.78 is 0. The van der Waals surface area contributed by atoms with Crippen molar-refractivity contribution >= 4 is 5.78 Å². The molecule has 0 rings (SSSR count). The molecule has 3 N–H and O–H groups in total. The van der Waals surface area contributed by atoms with Crippen LogP contribution in [-0.2, 0) is 4.79 Å². The van der Waals surface area contributed by atoms with Gasteiger partial charge in [0.2, 0.25) is 0 Å². The number of carbonyl (C=O) groups excluding carboxylic acids is 1. The highest BCUT2D eigenvalue weighted by Gasteiger charge is 2.31. The third-order valence-corrected chi connectivity index (χ3v) is 1.63. The minimum atomic E-state index is -0.773. The summed E-state index contributed by atoms with van der Waals surface area (Å²) in [6, 6.07) is 0. The largest absolute Gasteiger partial charge is 1.00 e. The summed E-state index contributed by atoms with van der Waals surface area (Å²) in [5, 5.41) is 0. The Morgan fingerprint density at radius 1 is 1.54 bits per heavy atom. The molecule has 0 aromatic carbocycles. The van der Waals surface area contributed by atoms with Gasteiger partial charge in [-0.15, -0.1) is 0 Å². The zero-order valence-electron chi connectivity index (χ0n) is 8.78. The molecule has 0 aliphatic rings. The maximum absolute atomic E-state index is 11.5. The van der Waals surface area contributed by atoms with Crippen LogP contribution in [0.15, 0.2) is 12.2 Å². The van der Waals surface area contributed by atoms with Crippen LogP contribution in [0.3, 0.4) is 0 Å². The van der Waals surface area contributed by atoms with Crippen molar-refractivity contribution in [3.63, 3.8) is 0 Å². The fourth-order valence-electron chi connectivity index (χ4n) is 1.30. The first-order chi connectivity index (χ1) is 5.27. The number of hydrogen-bond acceptors (Lipinski definition) is 2. The maximum Gasteiger partial charge on any atom is 0.183 e. The zero-order valence-corrected chi connectivity index (χ0v) is 9.53. The smallest absolute Gasteiger partial charge is 0.183 e. The van der Waals surface area contributed by atoms with Gasteiger partial charge < -0.3 is 23.0 Å². The van der Waals surface area contributed by atoms with E-state index >= 15 is 0 Å². The average Bonchev–Trinajstić information content (AvgIpc) is 1.82. The monoisotopic (exact) mass is 206 g/mol. The Labute approximate surface area is 86.4 Å². The van der Waals surface area contributed by atoms with Gasteiger partial charge in [0.15, 0.2) is 5.78 Å². The molecule has 0 amide bonds. The van der Waals surface area contributed by atoms with E-state index in [1.807, 2.05) is 14.1 Å². The highest BCUT2D eigenvalue weighted by Crippen LogP contribution is 2.04. The van der Waals surface area contributed by atoms with Gasteiger partial charge in [0, 0.05) is 0 Å². The van der Waals surface area contributed by atoms with Crippen LogP contribution in [0.2, 0.25) is 0 Å². The Kier molecular flexibility index (Phi) is 6.24. The lowest BCUT2D eigenvalue weighted by Gasteiger charge is -2.24. The third kappa shape index (κ3) is 5.03. The highest BCUT2D eigenvalue weighted by atomic mass is 35.5. The van der Waals surface area contributed by atoms with Gasteiger partial charge in [0.05, 0.1) is 14.1 Å². The molecule has 78 valence electrons. The van der Waals surface area contributed by atoms with Gasteiger partial charge >= 0.3 is 0 Å². The van der Waals surface area contributed by atoms with Gasteiger partial charge in [-0.05, 0) is 19.4 Å². The molecule has 0 radical (unpaired) electrons. The lowest BCUT2D eigenvalue weighted by atomic mass is 9.93. The predicted octanol–water partition coefficient (Wildman–Crippen LogP) is -4.00. The molecule has 0 fully saturated rings. The standard InChI is InChI=1S/C9H18N2O.ClH/c1-7(2)8(12)9(3,10)6-11(4)5;/h1,6,10H2,2-5H3;1H. The number of carbonyl (C=O) groups is 1. The molecule has 0 saturated carbocycles. The van der Waals surface area contributed by atoms with E-state index in [0.717, 1.165) is 4.90 Å². The number of likely N-dealkylation sites (N-methyl/N-ethyl adjacent to an activating group) is 1. The van der Waals surface area contributed by atoms with Crippen molar-refractivity contribution in [1.29, 1.82) is 0 Å². The van der Waals surface area contributed by atoms with E-state index in [1.54, 1.807) is 13.8 Å². The molecule has 0 bridgehead atoms. The Morgan fingerprint density at radius 2 is 1.92 bits per heavy atom. The van der Waals surface area contributed by atoms with Crippen molar-refractivity contribution in [3.8, 4) is 0 Å². The van der Waals surface area contributed by atoms with Crippen LogP contribution in [-0.4, -0.2) is 32.0 Å². The fraction of sp³-hybridized carbons (Fsp3) is 0.667. The first-order valence-corrected chi connectivity index (χ1v) is 4.05. The molecular formula is C9H19ClN2O. The van der Waals surface area contributed by atoms with Crippen LogP contribution in [0.5, 0.6) is 0 Å². The van der Waals surface area contributed by atoms with E-state index in [4.69, 9.17) is 5.73 Å². The van der Waals surface area contributed by atoms with Crippen molar-refractivity contribution in [2.75, 3.05) is 20.6 Å². The summed E-state index contributed by atoms with van der Waals surface area (Å²) in [5.74, 6) is -0.0521. The molecule has 0 heterocycles. The minimum absolute atomic E-state index is 0. The summed E-state index contributed by atoms with van der Waals surface area (Å²) in [6.07, 6.45) is 0. The number of ketones is 1. The van der Waals surface area contributed by atoms with Crippen molar-refractivity contribution in [1.82, 2.24) is 0 Å². The predicted molar refractivity (Wildman–Crippen MR) is 50.1 cm³/mol. The fourth-order valence-corrected chi connectivity index (χ4v) is 1.30. The second-order valence-corrected chi connectivity index (χ2v) is 3.91. The lowest BCUT2D eigenvalue weighted by Crippen LogP contribution is -3.08. The minimum Gasteiger partial charge on any atom is -1.00 e. The van der Waals surface area contributed by atoms with Gasteiger partial charge in [-0.2, -0.15) is 0 Å². The molecule has 0 saturated heterocycles. The van der Waals surface area contributed by atoms with Crippen molar-refractivity contribution < 1.29 is 22.1 Å². The molecule has 0 aromatic rings. The molecule has 0 aromatic heterocycles. The van der Waals surface area contributed by atoms with Gasteiger partial charge in [-0.25, -0.2) is 0 Å². The number of rotatable bonds is 4. The molecule has 3 nitrogen and oxygen atoms in total. The normalized spacial score (nSPS) is 14.6. The van der Waals surface area contributed by atoms with E-state index in [0.29, 0.717) is 12.1 Å². The SMILES string of the molecule is C=C(C)C(=O)C(C)(N)C[NH+](C)C.[Cl-]. The van der Waals surface area contributed by atoms with Crippen molar-refractivity contribution in [2.45, 2.75) is 19.4 Å². The summed E-state index contributed by atoms with van der Waals surface area (Å²) in [6.45, 7) is 7.65. The quantitative estimate of drug-likeness (QED) is 0.461. The number of nitrogens with one attached hydrogen (secondary N) is 1. The van der Waals surface area contributed by atoms with E-state index in [1.165, 1.54) is 0 Å². The van der Waals surface area contributed by atoms with E-state index in [-0.39, 0.29) is 18.2 Å². The summed E-state index contributed by atoms with van der Waals surface area (Å²) in [5.41, 5.74) is 5.59. The molecule has 1 atom stereocenters. The number of hydrogen-bond donors (Lipinski definition) is 2. The molecule has 0 aliphatic heterocycles. The first kappa shape index (κ1) is 15.1. The summed E-state index contributed by atoms with van der Waals surface area (Å²) in [7, 11) is 3.94. The third-order valence-electron chi connectivity index (χ3n) is 1.63. The van der Waals surface area contributed by atoms with Crippen LogP contribution < -0.4 is 23.0 Å². The van der Waals surface area contributed by atoms with Crippen molar-refractivity contribution in [2.24, 2.45) is 5.73 Å². The van der Waals surface area contributed by atoms with Crippen molar-refractivity contribution in [3.05, 3.63) is 12.2 Å². The van der Waals surface area contributed by atoms with E-state index in [2.05, 4.69) is 6.58 Å². The second-order valence-electron chi connectivity index (χ2n) is 3.91. The number of quaternary nitrogens is 1. The summed E-state index contributed by atoms with van der Waals surface area (Å²) in [4.78, 5) is 12.6. The molecule has 13 heavy (non-hydrogen) atoms. The van der Waals surface area contributed by atoms with Crippen LogP contribution in [0.1, 0.15) is 13.8 Å². The molecule has 4 heteroatoms. The number of Topliss-reactive ketones (excluding diaryl/α,β-unsaturated/α-hetero) is 1. The topological polar surface area (TPSA) is 47.5 Å². The molecule has 0 spiro atoms. The molecular weight excluding hydrogens is 188 g/mol. The number of nitrogens with two attached hydrogens (primary N) is 1. The van der Waals surface area contributed by atoms with Gasteiger partial charge in [-0.3, -0.25) is 4.79 Å². The Hall–Kier alpha value is -0.380.